The number of amides is 1. The minimum Gasteiger partial charge on any atom is -0.490 e. The van der Waals surface area contributed by atoms with Gasteiger partial charge in [0.1, 0.15) is 13.2 Å². The summed E-state index contributed by atoms with van der Waals surface area (Å²) in [7, 11) is 0. The second-order valence-corrected chi connectivity index (χ2v) is 7.81. The van der Waals surface area contributed by atoms with E-state index in [4.69, 9.17) is 18.9 Å². The maximum absolute atomic E-state index is 13.5. The van der Waals surface area contributed by atoms with Crippen molar-refractivity contribution < 1.29 is 23.7 Å². The van der Waals surface area contributed by atoms with Crippen LogP contribution in [0, 0.1) is 0 Å². The summed E-state index contributed by atoms with van der Waals surface area (Å²) in [5, 5.41) is 3.13. The molecule has 29 heavy (non-hydrogen) atoms. The van der Waals surface area contributed by atoms with Crippen molar-refractivity contribution >= 4 is 11.6 Å². The Balaban J connectivity index is 1.43. The maximum Gasteiger partial charge on any atom is 0.235 e. The number of benzene rings is 2. The molecule has 0 unspecified atom stereocenters. The van der Waals surface area contributed by atoms with Gasteiger partial charge in [0.2, 0.25) is 5.91 Å². The average molecular weight is 395 g/mol. The van der Waals surface area contributed by atoms with Gasteiger partial charge in [-0.1, -0.05) is 18.9 Å². The van der Waals surface area contributed by atoms with Crippen molar-refractivity contribution in [2.45, 2.75) is 37.5 Å². The van der Waals surface area contributed by atoms with Gasteiger partial charge in [-0.05, 0) is 42.7 Å². The summed E-state index contributed by atoms with van der Waals surface area (Å²) in [6.07, 6.45) is 4.56. The van der Waals surface area contributed by atoms with Gasteiger partial charge < -0.3 is 24.3 Å². The minimum atomic E-state index is -0.556. The summed E-state index contributed by atoms with van der Waals surface area (Å²) in [5.74, 6) is 2.89. The lowest BCUT2D eigenvalue weighted by molar-refractivity contribution is -0.121. The number of anilines is 1. The van der Waals surface area contributed by atoms with Crippen LogP contribution >= 0.6 is 0 Å². The zero-order valence-electron chi connectivity index (χ0n) is 16.4. The third kappa shape index (κ3) is 3.37. The SMILES string of the molecule is O=C(Nc1ccc2c(c1)OCCCO2)C1(c2ccc3c(c2)OCCO3)CCCC1. The summed E-state index contributed by atoms with van der Waals surface area (Å²) in [4.78, 5) is 13.5. The molecule has 1 aliphatic carbocycles. The molecule has 5 rings (SSSR count). The lowest BCUT2D eigenvalue weighted by Crippen LogP contribution is -2.38. The van der Waals surface area contributed by atoms with Gasteiger partial charge >= 0.3 is 0 Å². The lowest BCUT2D eigenvalue weighted by Gasteiger charge is -2.30. The predicted octanol–water partition coefficient (Wildman–Crippen LogP) is 4.07. The van der Waals surface area contributed by atoms with Crippen LogP contribution in [0.25, 0.3) is 0 Å². The molecule has 2 heterocycles. The molecule has 1 N–H and O–H groups in total. The van der Waals surface area contributed by atoms with Crippen molar-refractivity contribution in [3.8, 4) is 23.0 Å². The summed E-state index contributed by atoms with van der Waals surface area (Å²) in [6, 6.07) is 11.5. The van der Waals surface area contributed by atoms with Crippen LogP contribution in [0.5, 0.6) is 23.0 Å². The van der Waals surface area contributed by atoms with Gasteiger partial charge in [-0.15, -0.1) is 0 Å². The van der Waals surface area contributed by atoms with E-state index in [1.807, 2.05) is 36.4 Å². The third-order valence-electron chi connectivity index (χ3n) is 5.99. The average Bonchev–Trinajstić information content (AvgIpc) is 3.14. The van der Waals surface area contributed by atoms with Crippen LogP contribution in [0.4, 0.5) is 5.69 Å². The van der Waals surface area contributed by atoms with Crippen LogP contribution in [0.15, 0.2) is 36.4 Å². The van der Waals surface area contributed by atoms with Gasteiger partial charge in [-0.25, -0.2) is 0 Å². The molecule has 2 aromatic carbocycles. The van der Waals surface area contributed by atoms with Gasteiger partial charge in [0.05, 0.1) is 18.6 Å². The highest BCUT2D eigenvalue weighted by atomic mass is 16.6. The van der Waals surface area contributed by atoms with E-state index in [0.717, 1.165) is 60.6 Å². The molecule has 6 heteroatoms. The molecule has 0 aromatic heterocycles. The number of hydrogen-bond acceptors (Lipinski definition) is 5. The van der Waals surface area contributed by atoms with E-state index in [9.17, 15) is 4.79 Å². The first-order valence-corrected chi connectivity index (χ1v) is 10.4. The minimum absolute atomic E-state index is 0.0150. The molecule has 3 aliphatic rings. The topological polar surface area (TPSA) is 66.0 Å². The molecule has 1 fully saturated rings. The van der Waals surface area contributed by atoms with Crippen molar-refractivity contribution in [1.82, 2.24) is 0 Å². The van der Waals surface area contributed by atoms with Crippen LogP contribution in [0.2, 0.25) is 0 Å². The summed E-state index contributed by atoms with van der Waals surface area (Å²) in [5.41, 5.74) is 1.16. The van der Waals surface area contributed by atoms with E-state index in [2.05, 4.69) is 5.32 Å². The van der Waals surface area contributed by atoms with Crippen molar-refractivity contribution in [1.29, 1.82) is 0 Å². The fourth-order valence-corrected chi connectivity index (χ4v) is 4.46. The second-order valence-electron chi connectivity index (χ2n) is 7.81. The van der Waals surface area contributed by atoms with Gasteiger partial charge in [0.25, 0.3) is 0 Å². The fourth-order valence-electron chi connectivity index (χ4n) is 4.46. The molecule has 0 spiro atoms. The Labute approximate surface area is 170 Å². The Bertz CT molecular complexity index is 919. The molecule has 2 aromatic rings. The van der Waals surface area contributed by atoms with Crippen molar-refractivity contribution in [2.24, 2.45) is 0 Å². The zero-order chi connectivity index (χ0) is 19.7. The highest BCUT2D eigenvalue weighted by molar-refractivity contribution is 5.99. The Kier molecular flexibility index (Phi) is 4.70. The Morgan fingerprint density at radius 3 is 2.14 bits per heavy atom. The van der Waals surface area contributed by atoms with E-state index in [1.165, 1.54) is 0 Å². The Hall–Kier alpha value is -2.89. The quantitative estimate of drug-likeness (QED) is 0.849. The van der Waals surface area contributed by atoms with Crippen molar-refractivity contribution in [2.75, 3.05) is 31.7 Å². The van der Waals surface area contributed by atoms with E-state index in [1.54, 1.807) is 0 Å². The first-order valence-electron chi connectivity index (χ1n) is 10.4. The van der Waals surface area contributed by atoms with E-state index in [-0.39, 0.29) is 5.91 Å². The second kappa shape index (κ2) is 7.50. The molecule has 152 valence electrons. The number of carbonyl (C=O) groups excluding carboxylic acids is 1. The molecule has 1 amide bonds. The van der Waals surface area contributed by atoms with Crippen LogP contribution in [-0.4, -0.2) is 32.3 Å². The van der Waals surface area contributed by atoms with E-state index >= 15 is 0 Å². The molecule has 0 saturated heterocycles. The van der Waals surface area contributed by atoms with Crippen molar-refractivity contribution in [3.05, 3.63) is 42.0 Å². The fraction of sp³-hybridized carbons (Fsp3) is 0.435. The smallest absolute Gasteiger partial charge is 0.235 e. The highest BCUT2D eigenvalue weighted by Gasteiger charge is 2.43. The normalized spacial score (nSPS) is 19.3. The number of hydrogen-bond donors (Lipinski definition) is 1. The maximum atomic E-state index is 13.5. The number of fused-ring (bicyclic) bond motifs is 2. The Morgan fingerprint density at radius 2 is 1.34 bits per heavy atom. The van der Waals surface area contributed by atoms with Gasteiger partial charge in [-0.3, -0.25) is 4.79 Å². The number of ether oxygens (including phenoxy) is 4. The standard InChI is InChI=1S/C23H25NO5/c25-22(24-17-5-7-19-21(15-17)27-11-3-10-26-19)23(8-1-2-9-23)16-4-6-18-20(14-16)29-13-12-28-18/h4-7,14-15H,1-3,8-13H2,(H,24,25). The molecular formula is C23H25NO5. The molecule has 0 radical (unpaired) electrons. The van der Waals surface area contributed by atoms with E-state index < -0.39 is 5.41 Å². The first kappa shape index (κ1) is 18.2. The van der Waals surface area contributed by atoms with Gasteiger partial charge in [-0.2, -0.15) is 0 Å². The monoisotopic (exact) mass is 395 g/mol. The van der Waals surface area contributed by atoms with Crippen LogP contribution < -0.4 is 24.3 Å². The van der Waals surface area contributed by atoms with Crippen LogP contribution in [0.3, 0.4) is 0 Å². The summed E-state index contributed by atoms with van der Waals surface area (Å²) >= 11 is 0. The highest BCUT2D eigenvalue weighted by Crippen LogP contribution is 2.45. The lowest BCUT2D eigenvalue weighted by atomic mass is 9.77. The van der Waals surface area contributed by atoms with Crippen LogP contribution in [-0.2, 0) is 10.2 Å². The van der Waals surface area contributed by atoms with Crippen LogP contribution in [0.1, 0.15) is 37.7 Å². The number of nitrogens with one attached hydrogen (secondary N) is 1. The zero-order valence-corrected chi connectivity index (χ0v) is 16.4. The first-order chi connectivity index (χ1) is 14.2. The molecule has 2 aliphatic heterocycles. The molecule has 6 nitrogen and oxygen atoms in total. The molecule has 0 bridgehead atoms. The summed E-state index contributed by atoms with van der Waals surface area (Å²) in [6.45, 7) is 2.35. The Morgan fingerprint density at radius 1 is 0.724 bits per heavy atom. The number of carbonyl (C=O) groups is 1. The van der Waals surface area contributed by atoms with E-state index in [0.29, 0.717) is 32.2 Å². The summed E-state index contributed by atoms with van der Waals surface area (Å²) < 4.78 is 22.8. The van der Waals surface area contributed by atoms with Gasteiger partial charge in [0.15, 0.2) is 23.0 Å². The molecular weight excluding hydrogens is 370 g/mol. The number of rotatable bonds is 3. The predicted molar refractivity (Wildman–Crippen MR) is 108 cm³/mol. The van der Waals surface area contributed by atoms with Gasteiger partial charge in [0, 0.05) is 18.2 Å². The molecule has 1 saturated carbocycles. The molecule has 0 atom stereocenters. The third-order valence-corrected chi connectivity index (χ3v) is 5.99. The van der Waals surface area contributed by atoms with Crippen molar-refractivity contribution in [3.63, 3.8) is 0 Å². The largest absolute Gasteiger partial charge is 0.490 e.